The number of imidazole rings is 1. The van der Waals surface area contributed by atoms with Gasteiger partial charge < -0.3 is 24.3 Å². The molecule has 0 radical (unpaired) electrons. The number of esters is 3. The zero-order chi connectivity index (χ0) is 22.9. The highest BCUT2D eigenvalue weighted by Crippen LogP contribution is 2.35. The largest absolute Gasteiger partial charge is 0.463 e. The molecule has 31 heavy (non-hydrogen) atoms. The van der Waals surface area contributed by atoms with E-state index in [1.54, 1.807) is 14.1 Å². The lowest BCUT2D eigenvalue weighted by atomic mass is 10.1. The molecule has 1 aliphatic heterocycles. The maximum atomic E-state index is 12.6. The van der Waals surface area contributed by atoms with Gasteiger partial charge in [0, 0.05) is 34.9 Å². The third-order valence-electron chi connectivity index (χ3n) is 4.64. The Morgan fingerprint density at radius 3 is 2.35 bits per heavy atom. The summed E-state index contributed by atoms with van der Waals surface area (Å²) in [7, 11) is 3.15. The number of fused-ring (bicyclic) bond motifs is 1. The lowest BCUT2D eigenvalue weighted by molar-refractivity contribution is -0.166. The highest BCUT2D eigenvalue weighted by molar-refractivity contribution is 5.71. The number of rotatable bonds is 6. The fraction of sp³-hybridized carbons (Fsp3) is 0.556. The molecule has 168 valence electrons. The summed E-state index contributed by atoms with van der Waals surface area (Å²) < 4.78 is 24.4. The Kier molecular flexibility index (Phi) is 6.24. The quantitative estimate of drug-likeness (QED) is 0.459. The zero-order valence-electron chi connectivity index (χ0n) is 17.6. The first-order valence-corrected chi connectivity index (χ1v) is 9.38. The van der Waals surface area contributed by atoms with Gasteiger partial charge in [-0.2, -0.15) is 4.98 Å². The standard InChI is InChI=1S/C18H23N5O8/c1-8(24)28-6-11-13(29-9(2)25)14(30-10(3)26)17(31-11)23-7-20-12-15(23)21-18(19-4)22(5)16(12)27/h7,11,13-14,17H,6H2,1-5H3,(H,19,21)/t11-,13-,14-,17-/m1/s1. The molecule has 0 aromatic carbocycles. The van der Waals surface area contributed by atoms with Crippen molar-refractivity contribution in [3.63, 3.8) is 0 Å². The molecule has 1 N–H and O–H groups in total. The Hall–Kier alpha value is -3.48. The van der Waals surface area contributed by atoms with Crippen LogP contribution in [0.5, 0.6) is 0 Å². The van der Waals surface area contributed by atoms with Crippen LogP contribution in [0.25, 0.3) is 11.2 Å². The van der Waals surface area contributed by atoms with Crippen LogP contribution in [0.1, 0.15) is 27.0 Å². The minimum Gasteiger partial charge on any atom is -0.463 e. The van der Waals surface area contributed by atoms with E-state index < -0.39 is 48.0 Å². The summed E-state index contributed by atoms with van der Waals surface area (Å²) in [5.74, 6) is -1.57. The first-order valence-electron chi connectivity index (χ1n) is 9.38. The van der Waals surface area contributed by atoms with Gasteiger partial charge in [-0.05, 0) is 0 Å². The third kappa shape index (κ3) is 4.35. The van der Waals surface area contributed by atoms with E-state index in [2.05, 4.69) is 15.3 Å². The Morgan fingerprint density at radius 2 is 1.77 bits per heavy atom. The second kappa shape index (κ2) is 8.71. The number of aromatic nitrogens is 4. The van der Waals surface area contributed by atoms with Gasteiger partial charge in [0.1, 0.15) is 12.7 Å². The van der Waals surface area contributed by atoms with Gasteiger partial charge in [-0.1, -0.05) is 0 Å². The molecule has 0 amide bonds. The molecular formula is C18H23N5O8. The van der Waals surface area contributed by atoms with Crippen molar-refractivity contribution in [1.29, 1.82) is 0 Å². The number of nitrogens with one attached hydrogen (secondary N) is 1. The summed E-state index contributed by atoms with van der Waals surface area (Å²) in [5, 5.41) is 2.81. The zero-order valence-corrected chi connectivity index (χ0v) is 17.6. The van der Waals surface area contributed by atoms with E-state index in [1.165, 1.54) is 36.2 Å². The Morgan fingerprint density at radius 1 is 1.13 bits per heavy atom. The highest BCUT2D eigenvalue weighted by Gasteiger charge is 2.51. The Labute approximate surface area is 176 Å². The summed E-state index contributed by atoms with van der Waals surface area (Å²) in [6.07, 6.45) is -2.85. The van der Waals surface area contributed by atoms with Crippen molar-refractivity contribution in [2.45, 2.75) is 45.3 Å². The molecule has 13 heteroatoms. The molecule has 3 heterocycles. The molecule has 0 bridgehead atoms. The van der Waals surface area contributed by atoms with Gasteiger partial charge in [0.15, 0.2) is 29.6 Å². The summed E-state index contributed by atoms with van der Waals surface area (Å²) >= 11 is 0. The van der Waals surface area contributed by atoms with E-state index in [1.807, 2.05) is 0 Å². The Balaban J connectivity index is 2.09. The first kappa shape index (κ1) is 22.2. The number of carbonyl (C=O) groups is 3. The van der Waals surface area contributed by atoms with Crippen LogP contribution in [0.15, 0.2) is 11.1 Å². The van der Waals surface area contributed by atoms with Crippen molar-refractivity contribution in [1.82, 2.24) is 19.1 Å². The van der Waals surface area contributed by atoms with E-state index in [9.17, 15) is 19.2 Å². The number of hydrogen-bond donors (Lipinski definition) is 1. The van der Waals surface area contributed by atoms with Gasteiger partial charge in [0.25, 0.3) is 5.56 Å². The van der Waals surface area contributed by atoms with Crippen LogP contribution in [-0.2, 0) is 40.4 Å². The lowest BCUT2D eigenvalue weighted by Crippen LogP contribution is -2.40. The molecule has 4 atom stereocenters. The smallest absolute Gasteiger partial charge is 0.303 e. The van der Waals surface area contributed by atoms with E-state index >= 15 is 0 Å². The Bertz CT molecular complexity index is 1080. The highest BCUT2D eigenvalue weighted by atomic mass is 16.7. The van der Waals surface area contributed by atoms with Crippen LogP contribution < -0.4 is 10.9 Å². The molecule has 0 unspecified atom stereocenters. The summed E-state index contributed by atoms with van der Waals surface area (Å²) in [6.45, 7) is 3.36. The molecule has 2 aromatic rings. The van der Waals surface area contributed by atoms with Crippen molar-refractivity contribution < 1.29 is 33.3 Å². The molecule has 1 aliphatic rings. The number of ether oxygens (including phenoxy) is 4. The minimum atomic E-state index is -1.11. The van der Waals surface area contributed by atoms with Crippen LogP contribution in [0.2, 0.25) is 0 Å². The maximum Gasteiger partial charge on any atom is 0.303 e. The number of nitrogens with zero attached hydrogens (tertiary/aromatic N) is 4. The van der Waals surface area contributed by atoms with Crippen LogP contribution in [0.3, 0.4) is 0 Å². The summed E-state index contributed by atoms with van der Waals surface area (Å²) in [6, 6.07) is 0. The first-order chi connectivity index (χ1) is 14.6. The van der Waals surface area contributed by atoms with Crippen molar-refractivity contribution in [2.24, 2.45) is 7.05 Å². The molecule has 0 saturated carbocycles. The van der Waals surface area contributed by atoms with Crippen molar-refractivity contribution >= 4 is 35.0 Å². The van der Waals surface area contributed by atoms with Gasteiger partial charge in [0.2, 0.25) is 5.95 Å². The van der Waals surface area contributed by atoms with Gasteiger partial charge in [-0.25, -0.2) is 4.98 Å². The molecular weight excluding hydrogens is 414 g/mol. The summed E-state index contributed by atoms with van der Waals surface area (Å²) in [5.41, 5.74) is -0.161. The van der Waals surface area contributed by atoms with Gasteiger partial charge in [0.05, 0.1) is 6.33 Å². The van der Waals surface area contributed by atoms with Gasteiger partial charge in [-0.3, -0.25) is 28.3 Å². The monoisotopic (exact) mass is 437 g/mol. The number of hydrogen-bond acceptors (Lipinski definition) is 11. The summed E-state index contributed by atoms with van der Waals surface area (Å²) in [4.78, 5) is 55.8. The van der Waals surface area contributed by atoms with Crippen molar-refractivity contribution in [3.8, 4) is 0 Å². The molecule has 1 saturated heterocycles. The topological polar surface area (TPSA) is 153 Å². The van der Waals surface area contributed by atoms with Crippen LogP contribution in [-0.4, -0.2) is 69.0 Å². The average Bonchev–Trinajstić information content (AvgIpc) is 3.24. The molecule has 1 fully saturated rings. The van der Waals surface area contributed by atoms with Crippen LogP contribution in [0.4, 0.5) is 5.95 Å². The average molecular weight is 437 g/mol. The molecule has 2 aromatic heterocycles. The predicted octanol–water partition coefficient (Wildman–Crippen LogP) is -0.504. The predicted molar refractivity (Wildman–Crippen MR) is 104 cm³/mol. The second-order valence-corrected chi connectivity index (χ2v) is 6.89. The number of carbonyl (C=O) groups excluding carboxylic acids is 3. The molecule has 0 spiro atoms. The molecule has 13 nitrogen and oxygen atoms in total. The molecule has 0 aliphatic carbocycles. The van der Waals surface area contributed by atoms with E-state index in [0.29, 0.717) is 0 Å². The third-order valence-corrected chi connectivity index (χ3v) is 4.64. The minimum absolute atomic E-state index is 0.0687. The van der Waals surface area contributed by atoms with Crippen LogP contribution >= 0.6 is 0 Å². The van der Waals surface area contributed by atoms with Crippen LogP contribution in [0, 0.1) is 0 Å². The van der Waals surface area contributed by atoms with E-state index in [4.69, 9.17) is 18.9 Å². The van der Waals surface area contributed by atoms with Gasteiger partial charge >= 0.3 is 17.9 Å². The molecule has 3 rings (SSSR count). The van der Waals surface area contributed by atoms with E-state index in [0.717, 1.165) is 0 Å². The van der Waals surface area contributed by atoms with E-state index in [-0.39, 0.29) is 23.7 Å². The SMILES string of the molecule is CNc1nc2c(ncn2[C@@H]2O[C@H](COC(C)=O)[C@@H](OC(C)=O)[C@H]2OC(C)=O)c(=O)n1C. The van der Waals surface area contributed by atoms with Crippen molar-refractivity contribution in [2.75, 3.05) is 19.0 Å². The maximum absolute atomic E-state index is 12.6. The fourth-order valence-corrected chi connectivity index (χ4v) is 3.37. The second-order valence-electron chi connectivity index (χ2n) is 6.89. The van der Waals surface area contributed by atoms with Gasteiger partial charge in [-0.15, -0.1) is 0 Å². The fourth-order valence-electron chi connectivity index (χ4n) is 3.37. The normalized spacial score (nSPS) is 22.9. The number of anilines is 1. The lowest BCUT2D eigenvalue weighted by Gasteiger charge is -2.23. The van der Waals surface area contributed by atoms with Crippen molar-refractivity contribution in [3.05, 3.63) is 16.7 Å².